The Kier molecular flexibility index (Phi) is 2.30. The summed E-state index contributed by atoms with van der Waals surface area (Å²) in [5.41, 5.74) is 0. The number of allylic oxidation sites excluding steroid dienone is 2. The molecule has 66 valence electrons. The molecule has 0 saturated carbocycles. The fourth-order valence-corrected chi connectivity index (χ4v) is 2.89. The minimum atomic E-state index is 0.904. The van der Waals surface area contributed by atoms with Gasteiger partial charge in [-0.2, -0.15) is 0 Å². The Morgan fingerprint density at radius 2 is 2.17 bits per heavy atom. The average Bonchev–Trinajstić information content (AvgIpc) is 2.03. The fourth-order valence-electron chi connectivity index (χ4n) is 2.89. The largest absolute Gasteiger partial charge is 0.143 e. The smallest absolute Gasteiger partial charge is 0.0880 e. The first-order chi connectivity index (χ1) is 5.75. The maximum absolute atomic E-state index is 2.46. The molecule has 12 heavy (non-hydrogen) atoms. The Labute approximate surface area is 76.5 Å². The number of rotatable bonds is 1. The summed E-state index contributed by atoms with van der Waals surface area (Å²) in [6, 6.07) is 0. The van der Waals surface area contributed by atoms with Crippen molar-refractivity contribution in [1.82, 2.24) is 0 Å². The van der Waals surface area contributed by atoms with Crippen LogP contribution in [0.3, 0.4) is 0 Å². The van der Waals surface area contributed by atoms with Crippen LogP contribution in [0.15, 0.2) is 12.2 Å². The molecule has 2 unspecified atom stereocenters. The molecule has 2 rings (SSSR count). The molecule has 0 nitrogen and oxygen atoms in total. The van der Waals surface area contributed by atoms with Crippen LogP contribution in [-0.2, 0) is 0 Å². The van der Waals surface area contributed by atoms with Crippen molar-refractivity contribution in [2.75, 3.05) is 0 Å². The van der Waals surface area contributed by atoms with Crippen LogP contribution in [0.4, 0.5) is 0 Å². The Bertz CT molecular complexity index is 183. The molecule has 2 atom stereocenters. The molecule has 0 aromatic carbocycles. The molecule has 0 amide bonds. The van der Waals surface area contributed by atoms with E-state index >= 15 is 0 Å². The zero-order valence-corrected chi connectivity index (χ0v) is 8.29. The summed E-state index contributed by atoms with van der Waals surface area (Å²) >= 11 is 0. The van der Waals surface area contributed by atoms with Gasteiger partial charge in [0.1, 0.15) is 6.71 Å². The Hall–Kier alpha value is -0.195. The molecule has 1 heterocycles. The third kappa shape index (κ3) is 1.60. The van der Waals surface area contributed by atoms with Crippen molar-refractivity contribution >= 4 is 6.71 Å². The summed E-state index contributed by atoms with van der Waals surface area (Å²) in [7, 11) is 0. The maximum Gasteiger partial charge on any atom is 0.143 e. The van der Waals surface area contributed by atoms with E-state index in [4.69, 9.17) is 0 Å². The lowest BCUT2D eigenvalue weighted by molar-refractivity contribution is 0.418. The Balaban J connectivity index is 2.03. The van der Waals surface area contributed by atoms with E-state index in [0.717, 1.165) is 24.4 Å². The van der Waals surface area contributed by atoms with Crippen molar-refractivity contribution < 1.29 is 0 Å². The molecule has 0 aromatic heterocycles. The molecule has 0 radical (unpaired) electrons. The Morgan fingerprint density at radius 3 is 2.83 bits per heavy atom. The van der Waals surface area contributed by atoms with E-state index < -0.39 is 0 Å². The minimum absolute atomic E-state index is 0.904. The summed E-state index contributed by atoms with van der Waals surface area (Å²) in [4.78, 5) is 0. The molecule has 1 aliphatic carbocycles. The number of hydrogen-bond acceptors (Lipinski definition) is 0. The molecule has 1 heteroatoms. The first kappa shape index (κ1) is 8.41. The molecule has 2 bridgehead atoms. The predicted octanol–water partition coefficient (Wildman–Crippen LogP) is 3.49. The van der Waals surface area contributed by atoms with Gasteiger partial charge in [0.15, 0.2) is 0 Å². The lowest BCUT2D eigenvalue weighted by atomic mass is 9.31. The van der Waals surface area contributed by atoms with Gasteiger partial charge in [-0.3, -0.25) is 0 Å². The molecular weight excluding hydrogens is 143 g/mol. The molecule has 1 saturated heterocycles. The summed E-state index contributed by atoms with van der Waals surface area (Å²) in [6.07, 6.45) is 10.7. The van der Waals surface area contributed by atoms with E-state index in [0.29, 0.717) is 0 Å². The number of hydrogen-bond donors (Lipinski definition) is 0. The van der Waals surface area contributed by atoms with Gasteiger partial charge in [-0.1, -0.05) is 44.5 Å². The molecule has 1 aliphatic heterocycles. The highest BCUT2D eigenvalue weighted by Crippen LogP contribution is 2.39. The summed E-state index contributed by atoms with van der Waals surface area (Å²) in [5.74, 6) is 2.87. The summed E-state index contributed by atoms with van der Waals surface area (Å²) in [6.45, 7) is 5.78. The SMILES string of the molecule is CC(C)B1CC2C=CCC(C1)C2. The van der Waals surface area contributed by atoms with E-state index in [9.17, 15) is 0 Å². The first-order valence-corrected chi connectivity index (χ1v) is 5.42. The summed E-state index contributed by atoms with van der Waals surface area (Å²) < 4.78 is 0. The topological polar surface area (TPSA) is 0 Å². The maximum atomic E-state index is 2.46. The summed E-state index contributed by atoms with van der Waals surface area (Å²) in [5, 5.41) is 0. The van der Waals surface area contributed by atoms with Crippen molar-refractivity contribution in [3.05, 3.63) is 12.2 Å². The van der Waals surface area contributed by atoms with Crippen LogP contribution in [0.25, 0.3) is 0 Å². The second kappa shape index (κ2) is 3.28. The van der Waals surface area contributed by atoms with Crippen LogP contribution in [0.2, 0.25) is 18.5 Å². The average molecular weight is 162 g/mol. The standard InChI is InChI=1S/C11H19B/c1-9(2)12-7-10-4-3-5-11(6-10)8-12/h3-4,9-11H,5-8H2,1-2H3. The van der Waals surface area contributed by atoms with Gasteiger partial charge < -0.3 is 0 Å². The van der Waals surface area contributed by atoms with Gasteiger partial charge in [-0.15, -0.1) is 0 Å². The van der Waals surface area contributed by atoms with E-state index in [1.165, 1.54) is 25.5 Å². The molecular formula is C11H19B. The molecule has 0 spiro atoms. The van der Waals surface area contributed by atoms with Gasteiger partial charge in [0.05, 0.1) is 0 Å². The minimum Gasteiger partial charge on any atom is -0.0880 e. The van der Waals surface area contributed by atoms with E-state index in [-0.39, 0.29) is 0 Å². The van der Waals surface area contributed by atoms with Crippen LogP contribution in [-0.4, -0.2) is 6.71 Å². The van der Waals surface area contributed by atoms with Crippen LogP contribution in [0, 0.1) is 11.8 Å². The molecule has 0 aromatic rings. The van der Waals surface area contributed by atoms with Crippen molar-refractivity contribution in [2.24, 2.45) is 11.8 Å². The highest BCUT2D eigenvalue weighted by molar-refractivity contribution is 6.60. The highest BCUT2D eigenvalue weighted by atomic mass is 14.2. The first-order valence-electron chi connectivity index (χ1n) is 5.42. The van der Waals surface area contributed by atoms with Crippen molar-refractivity contribution in [3.63, 3.8) is 0 Å². The zero-order chi connectivity index (χ0) is 8.55. The van der Waals surface area contributed by atoms with Gasteiger partial charge in [0.25, 0.3) is 0 Å². The second-order valence-electron chi connectivity index (χ2n) is 5.00. The predicted molar refractivity (Wildman–Crippen MR) is 55.8 cm³/mol. The van der Waals surface area contributed by atoms with Crippen molar-refractivity contribution in [2.45, 2.75) is 45.1 Å². The number of fused-ring (bicyclic) bond motifs is 2. The van der Waals surface area contributed by atoms with Gasteiger partial charge in [0.2, 0.25) is 0 Å². The van der Waals surface area contributed by atoms with Crippen LogP contribution in [0.5, 0.6) is 0 Å². The molecule has 1 fully saturated rings. The van der Waals surface area contributed by atoms with Crippen molar-refractivity contribution in [3.8, 4) is 0 Å². The lowest BCUT2D eigenvalue weighted by Gasteiger charge is -2.36. The fraction of sp³-hybridized carbons (Fsp3) is 0.818. The van der Waals surface area contributed by atoms with E-state index in [2.05, 4.69) is 26.0 Å². The third-order valence-electron chi connectivity index (χ3n) is 3.70. The van der Waals surface area contributed by atoms with Gasteiger partial charge in [-0.05, 0) is 24.7 Å². The molecule has 0 N–H and O–H groups in total. The monoisotopic (exact) mass is 162 g/mol. The zero-order valence-electron chi connectivity index (χ0n) is 8.29. The van der Waals surface area contributed by atoms with E-state index in [1.807, 2.05) is 0 Å². The Morgan fingerprint density at radius 1 is 1.33 bits per heavy atom. The van der Waals surface area contributed by atoms with Crippen LogP contribution >= 0.6 is 0 Å². The van der Waals surface area contributed by atoms with Crippen molar-refractivity contribution in [1.29, 1.82) is 0 Å². The van der Waals surface area contributed by atoms with Gasteiger partial charge >= 0.3 is 0 Å². The second-order valence-corrected chi connectivity index (χ2v) is 5.00. The van der Waals surface area contributed by atoms with E-state index in [1.54, 1.807) is 0 Å². The van der Waals surface area contributed by atoms with Gasteiger partial charge in [0, 0.05) is 0 Å². The van der Waals surface area contributed by atoms with Crippen LogP contribution < -0.4 is 0 Å². The van der Waals surface area contributed by atoms with Gasteiger partial charge in [-0.25, -0.2) is 0 Å². The lowest BCUT2D eigenvalue weighted by Crippen LogP contribution is -2.31. The normalized spacial score (nSPS) is 34.4. The van der Waals surface area contributed by atoms with Crippen LogP contribution in [0.1, 0.15) is 26.7 Å². The third-order valence-corrected chi connectivity index (χ3v) is 3.70. The quantitative estimate of drug-likeness (QED) is 0.409. The molecule has 2 aliphatic rings. The highest BCUT2D eigenvalue weighted by Gasteiger charge is 2.32.